The van der Waals surface area contributed by atoms with Crippen LogP contribution in [0.2, 0.25) is 0 Å². The van der Waals surface area contributed by atoms with Gasteiger partial charge in [-0.2, -0.15) is 0 Å². The number of aromatic nitrogens is 1. The van der Waals surface area contributed by atoms with Gasteiger partial charge in [-0.05, 0) is 18.6 Å². The van der Waals surface area contributed by atoms with E-state index in [0.29, 0.717) is 31.3 Å². The molecule has 5 heteroatoms. The van der Waals surface area contributed by atoms with Gasteiger partial charge in [0.15, 0.2) is 0 Å². The van der Waals surface area contributed by atoms with Crippen LogP contribution in [0, 0.1) is 6.92 Å². The fraction of sp³-hybridized carbons (Fsp3) is 0.500. The van der Waals surface area contributed by atoms with Crippen LogP contribution in [0.1, 0.15) is 16.1 Å². The van der Waals surface area contributed by atoms with Crippen LogP contribution in [0.3, 0.4) is 0 Å². The Morgan fingerprint density at radius 1 is 1.71 bits per heavy atom. The highest BCUT2D eigenvalue weighted by Gasteiger charge is 2.25. The van der Waals surface area contributed by atoms with Crippen LogP contribution in [0.15, 0.2) is 18.3 Å². The van der Waals surface area contributed by atoms with Crippen LogP contribution in [-0.4, -0.2) is 47.5 Å². The number of carbonyl (C=O) groups is 1. The molecule has 1 saturated heterocycles. The quantitative estimate of drug-likeness (QED) is 0.751. The average Bonchev–Trinajstić information content (AvgIpc) is 2.38. The molecule has 0 aliphatic carbocycles. The Hall–Kier alpha value is -1.13. The number of pyridine rings is 1. The lowest BCUT2D eigenvalue weighted by molar-refractivity contribution is -0.0110. The highest BCUT2D eigenvalue weighted by atomic mass is 35.5. The second-order valence-corrected chi connectivity index (χ2v) is 4.38. The molecule has 1 aliphatic rings. The van der Waals surface area contributed by atoms with Gasteiger partial charge < -0.3 is 9.64 Å². The summed E-state index contributed by atoms with van der Waals surface area (Å²) in [6, 6.07) is 3.71. The number of ether oxygens (including phenoxy) is 1. The number of hydrogen-bond donors (Lipinski definition) is 0. The van der Waals surface area contributed by atoms with Crippen molar-refractivity contribution in [1.29, 1.82) is 0 Å². The van der Waals surface area contributed by atoms with E-state index in [9.17, 15) is 4.79 Å². The maximum Gasteiger partial charge on any atom is 0.272 e. The van der Waals surface area contributed by atoms with Crippen molar-refractivity contribution in [3.05, 3.63) is 29.6 Å². The monoisotopic (exact) mass is 254 g/mol. The molecule has 0 N–H and O–H groups in total. The molecule has 17 heavy (non-hydrogen) atoms. The van der Waals surface area contributed by atoms with Gasteiger partial charge in [-0.3, -0.25) is 9.78 Å². The maximum absolute atomic E-state index is 12.2. The van der Waals surface area contributed by atoms with Gasteiger partial charge in [-0.25, -0.2) is 0 Å². The normalized spacial score (nSPS) is 20.4. The molecule has 1 atom stereocenters. The van der Waals surface area contributed by atoms with Gasteiger partial charge in [0.1, 0.15) is 5.69 Å². The first-order valence-corrected chi connectivity index (χ1v) is 6.14. The highest BCUT2D eigenvalue weighted by molar-refractivity contribution is 6.18. The van der Waals surface area contributed by atoms with E-state index in [0.717, 1.165) is 5.56 Å². The number of carbonyl (C=O) groups excluding carboxylic acids is 1. The fourth-order valence-corrected chi connectivity index (χ4v) is 2.04. The van der Waals surface area contributed by atoms with Crippen LogP contribution in [-0.2, 0) is 4.74 Å². The van der Waals surface area contributed by atoms with Gasteiger partial charge >= 0.3 is 0 Å². The zero-order valence-corrected chi connectivity index (χ0v) is 10.5. The van der Waals surface area contributed by atoms with Crippen molar-refractivity contribution in [2.75, 3.05) is 25.6 Å². The van der Waals surface area contributed by atoms with E-state index in [2.05, 4.69) is 4.98 Å². The van der Waals surface area contributed by atoms with E-state index in [1.807, 2.05) is 19.1 Å². The molecule has 1 unspecified atom stereocenters. The predicted molar refractivity (Wildman–Crippen MR) is 65.3 cm³/mol. The molecule has 0 saturated carbocycles. The summed E-state index contributed by atoms with van der Waals surface area (Å²) < 4.78 is 5.43. The minimum atomic E-state index is -0.0709. The molecule has 1 amide bonds. The van der Waals surface area contributed by atoms with Gasteiger partial charge in [0.2, 0.25) is 0 Å². The second kappa shape index (κ2) is 5.47. The maximum atomic E-state index is 12.2. The largest absolute Gasteiger partial charge is 0.373 e. The Bertz CT molecular complexity index is 411. The van der Waals surface area contributed by atoms with Gasteiger partial charge in [0.25, 0.3) is 5.91 Å². The molecule has 0 spiro atoms. The average molecular weight is 255 g/mol. The van der Waals surface area contributed by atoms with Crippen molar-refractivity contribution in [2.45, 2.75) is 13.0 Å². The van der Waals surface area contributed by atoms with Gasteiger partial charge in [0, 0.05) is 19.3 Å². The topological polar surface area (TPSA) is 42.4 Å². The third kappa shape index (κ3) is 2.76. The van der Waals surface area contributed by atoms with E-state index >= 15 is 0 Å². The van der Waals surface area contributed by atoms with E-state index in [4.69, 9.17) is 16.3 Å². The number of hydrogen-bond acceptors (Lipinski definition) is 3. The number of amides is 1. The smallest absolute Gasteiger partial charge is 0.272 e. The zero-order chi connectivity index (χ0) is 12.3. The summed E-state index contributed by atoms with van der Waals surface area (Å²) >= 11 is 5.75. The van der Waals surface area contributed by atoms with Crippen LogP contribution < -0.4 is 0 Å². The first kappa shape index (κ1) is 12.3. The Morgan fingerprint density at radius 2 is 2.53 bits per heavy atom. The van der Waals surface area contributed by atoms with Crippen LogP contribution in [0.4, 0.5) is 0 Å². The van der Waals surface area contributed by atoms with Crippen molar-refractivity contribution in [2.24, 2.45) is 0 Å². The lowest BCUT2D eigenvalue weighted by Gasteiger charge is -2.32. The fourth-order valence-electron chi connectivity index (χ4n) is 1.86. The Labute approximate surface area is 106 Å². The zero-order valence-electron chi connectivity index (χ0n) is 9.73. The molecule has 0 radical (unpaired) electrons. The lowest BCUT2D eigenvalue weighted by atomic mass is 10.2. The Morgan fingerprint density at radius 3 is 3.24 bits per heavy atom. The van der Waals surface area contributed by atoms with E-state index in [-0.39, 0.29) is 12.0 Å². The molecular weight excluding hydrogens is 240 g/mol. The summed E-state index contributed by atoms with van der Waals surface area (Å²) in [7, 11) is 0. The van der Waals surface area contributed by atoms with E-state index in [1.165, 1.54) is 0 Å². The van der Waals surface area contributed by atoms with Crippen LogP contribution in [0.5, 0.6) is 0 Å². The molecule has 92 valence electrons. The van der Waals surface area contributed by atoms with Crippen molar-refractivity contribution in [3.63, 3.8) is 0 Å². The van der Waals surface area contributed by atoms with E-state index < -0.39 is 0 Å². The number of halogens is 1. The molecule has 1 aliphatic heterocycles. The molecule has 2 rings (SSSR count). The van der Waals surface area contributed by atoms with Crippen LogP contribution >= 0.6 is 11.6 Å². The molecule has 1 aromatic heterocycles. The molecule has 2 heterocycles. The van der Waals surface area contributed by atoms with Crippen molar-refractivity contribution < 1.29 is 9.53 Å². The molecule has 0 aromatic carbocycles. The lowest BCUT2D eigenvalue weighted by Crippen LogP contribution is -2.46. The number of rotatable bonds is 2. The van der Waals surface area contributed by atoms with Crippen molar-refractivity contribution in [1.82, 2.24) is 9.88 Å². The van der Waals surface area contributed by atoms with Gasteiger partial charge in [-0.15, -0.1) is 11.6 Å². The number of nitrogens with zero attached hydrogens (tertiary/aromatic N) is 2. The number of alkyl halides is 1. The predicted octanol–water partition coefficient (Wildman–Crippen LogP) is 1.47. The number of aryl methyl sites for hydroxylation is 1. The van der Waals surface area contributed by atoms with Crippen molar-refractivity contribution in [3.8, 4) is 0 Å². The first-order valence-electron chi connectivity index (χ1n) is 5.61. The summed E-state index contributed by atoms with van der Waals surface area (Å²) in [6.07, 6.45) is 1.57. The second-order valence-electron chi connectivity index (χ2n) is 4.07. The molecule has 0 bridgehead atoms. The Kier molecular flexibility index (Phi) is 3.97. The SMILES string of the molecule is Cc1cccnc1C(=O)N1CCOC(CCl)C1. The standard InChI is InChI=1S/C12H15ClN2O2/c1-9-3-2-4-14-11(9)12(16)15-5-6-17-10(7-13)8-15/h2-4,10H,5-8H2,1H3. The first-order chi connectivity index (χ1) is 8.22. The summed E-state index contributed by atoms with van der Waals surface area (Å²) in [6.45, 7) is 3.56. The number of morpholine rings is 1. The molecule has 1 aromatic rings. The van der Waals surface area contributed by atoms with Crippen LogP contribution in [0.25, 0.3) is 0 Å². The Balaban J connectivity index is 2.12. The summed E-state index contributed by atoms with van der Waals surface area (Å²) in [5, 5.41) is 0. The molecule has 1 fully saturated rings. The van der Waals surface area contributed by atoms with Crippen molar-refractivity contribution >= 4 is 17.5 Å². The minimum absolute atomic E-state index is 0.0403. The van der Waals surface area contributed by atoms with Gasteiger partial charge in [0.05, 0.1) is 18.6 Å². The molecule has 4 nitrogen and oxygen atoms in total. The molecular formula is C12H15ClN2O2. The summed E-state index contributed by atoms with van der Waals surface area (Å²) in [4.78, 5) is 18.1. The van der Waals surface area contributed by atoms with E-state index in [1.54, 1.807) is 11.1 Å². The highest BCUT2D eigenvalue weighted by Crippen LogP contribution is 2.12. The summed E-state index contributed by atoms with van der Waals surface area (Å²) in [5.74, 6) is 0.367. The third-order valence-corrected chi connectivity index (χ3v) is 3.15. The minimum Gasteiger partial charge on any atom is -0.373 e. The van der Waals surface area contributed by atoms with Gasteiger partial charge in [-0.1, -0.05) is 6.07 Å². The summed E-state index contributed by atoms with van der Waals surface area (Å²) in [5.41, 5.74) is 1.41. The third-order valence-electron chi connectivity index (χ3n) is 2.81.